The maximum Gasteiger partial charge on any atom is 0.266 e. The normalized spacial score (nSPS) is 15.6. The molecule has 7 heteroatoms. The van der Waals surface area contributed by atoms with Crippen molar-refractivity contribution in [3.05, 3.63) is 70.8 Å². The first-order chi connectivity index (χ1) is 13.7. The summed E-state index contributed by atoms with van der Waals surface area (Å²) in [6.07, 6.45) is 9.40. The Hall–Kier alpha value is -2.93. The molecule has 1 aliphatic rings. The van der Waals surface area contributed by atoms with E-state index in [9.17, 15) is 4.79 Å². The van der Waals surface area contributed by atoms with Gasteiger partial charge in [-0.05, 0) is 57.0 Å². The van der Waals surface area contributed by atoms with Crippen molar-refractivity contribution >= 4 is 0 Å². The van der Waals surface area contributed by atoms with Gasteiger partial charge in [-0.15, -0.1) is 0 Å². The number of nitrogens with zero attached hydrogens (tertiary/aromatic N) is 6. The average Bonchev–Trinajstić information content (AvgIpc) is 2.73. The standard InChI is InChI=1S/C21H24N6O/c1-16-23-12-18(13-24-16)14-26-10-6-17(7-11-26)15-27-21(28)3-2-20(25-27)19-4-8-22-9-5-19/h2-5,8-9,12-13,17H,6-7,10-11,14-15H2,1H3. The van der Waals surface area contributed by atoms with Gasteiger partial charge in [-0.2, -0.15) is 5.10 Å². The van der Waals surface area contributed by atoms with Crippen molar-refractivity contribution in [2.75, 3.05) is 13.1 Å². The molecule has 0 radical (unpaired) electrons. The molecule has 0 saturated carbocycles. The van der Waals surface area contributed by atoms with Crippen molar-refractivity contribution in [2.24, 2.45) is 5.92 Å². The summed E-state index contributed by atoms with van der Waals surface area (Å²) in [5.74, 6) is 1.26. The Balaban J connectivity index is 1.37. The summed E-state index contributed by atoms with van der Waals surface area (Å²) in [4.78, 5) is 27.3. The van der Waals surface area contributed by atoms with Gasteiger partial charge in [0.05, 0.1) is 5.69 Å². The minimum atomic E-state index is -0.0444. The zero-order chi connectivity index (χ0) is 19.3. The second-order valence-corrected chi connectivity index (χ2v) is 7.33. The van der Waals surface area contributed by atoms with E-state index in [1.54, 1.807) is 29.2 Å². The first kappa shape index (κ1) is 18.4. The van der Waals surface area contributed by atoms with Gasteiger partial charge in [0.2, 0.25) is 0 Å². The molecule has 3 aromatic heterocycles. The fourth-order valence-corrected chi connectivity index (χ4v) is 3.59. The van der Waals surface area contributed by atoms with Crippen LogP contribution in [-0.2, 0) is 13.1 Å². The van der Waals surface area contributed by atoms with Gasteiger partial charge in [0.25, 0.3) is 5.56 Å². The van der Waals surface area contributed by atoms with Crippen LogP contribution >= 0.6 is 0 Å². The summed E-state index contributed by atoms with van der Waals surface area (Å²) in [7, 11) is 0. The average molecular weight is 376 g/mol. The predicted molar refractivity (Wildman–Crippen MR) is 106 cm³/mol. The van der Waals surface area contributed by atoms with E-state index in [4.69, 9.17) is 0 Å². The van der Waals surface area contributed by atoms with Crippen LogP contribution in [0.2, 0.25) is 0 Å². The molecular formula is C21H24N6O. The van der Waals surface area contributed by atoms with Crippen molar-refractivity contribution < 1.29 is 0 Å². The van der Waals surface area contributed by atoms with Crippen LogP contribution in [0.1, 0.15) is 24.2 Å². The van der Waals surface area contributed by atoms with Crippen LogP contribution in [0.25, 0.3) is 11.3 Å². The molecule has 4 rings (SSSR count). The minimum Gasteiger partial charge on any atom is -0.299 e. The zero-order valence-electron chi connectivity index (χ0n) is 16.0. The molecule has 0 aliphatic carbocycles. The molecule has 0 aromatic carbocycles. The van der Waals surface area contributed by atoms with Crippen LogP contribution in [0.3, 0.4) is 0 Å². The summed E-state index contributed by atoms with van der Waals surface area (Å²) < 4.78 is 1.61. The zero-order valence-corrected chi connectivity index (χ0v) is 16.0. The monoisotopic (exact) mass is 376 g/mol. The Morgan fingerprint density at radius 3 is 2.46 bits per heavy atom. The summed E-state index contributed by atoms with van der Waals surface area (Å²) in [6.45, 7) is 5.46. The maximum absolute atomic E-state index is 12.3. The fourth-order valence-electron chi connectivity index (χ4n) is 3.59. The van der Waals surface area contributed by atoms with Crippen LogP contribution in [0.4, 0.5) is 0 Å². The van der Waals surface area contributed by atoms with Crippen molar-refractivity contribution in [3.63, 3.8) is 0 Å². The number of likely N-dealkylation sites (tertiary alicyclic amines) is 1. The molecule has 28 heavy (non-hydrogen) atoms. The van der Waals surface area contributed by atoms with Crippen molar-refractivity contribution in [3.8, 4) is 11.3 Å². The molecule has 0 atom stereocenters. The first-order valence-corrected chi connectivity index (χ1v) is 9.66. The number of pyridine rings is 1. The number of hydrogen-bond donors (Lipinski definition) is 0. The Morgan fingerprint density at radius 1 is 1.04 bits per heavy atom. The number of piperidine rings is 1. The number of aryl methyl sites for hydroxylation is 1. The lowest BCUT2D eigenvalue weighted by Gasteiger charge is -2.31. The van der Waals surface area contributed by atoms with Crippen molar-refractivity contribution in [1.82, 2.24) is 29.6 Å². The molecule has 144 valence electrons. The minimum absolute atomic E-state index is 0.0444. The van der Waals surface area contributed by atoms with Gasteiger partial charge in [0, 0.05) is 55.1 Å². The van der Waals surface area contributed by atoms with Crippen LogP contribution < -0.4 is 5.56 Å². The summed E-state index contributed by atoms with van der Waals surface area (Å²) >= 11 is 0. The molecule has 0 spiro atoms. The third-order valence-electron chi connectivity index (χ3n) is 5.22. The number of hydrogen-bond acceptors (Lipinski definition) is 6. The maximum atomic E-state index is 12.3. The van der Waals surface area contributed by atoms with Gasteiger partial charge in [-0.1, -0.05) is 0 Å². The third-order valence-corrected chi connectivity index (χ3v) is 5.22. The van der Waals surface area contributed by atoms with Crippen LogP contribution in [-0.4, -0.2) is 42.7 Å². The second kappa shape index (κ2) is 8.39. The molecular weight excluding hydrogens is 352 g/mol. The Kier molecular flexibility index (Phi) is 5.53. The van der Waals surface area contributed by atoms with E-state index in [-0.39, 0.29) is 5.56 Å². The van der Waals surface area contributed by atoms with E-state index in [2.05, 4.69) is 25.0 Å². The van der Waals surface area contributed by atoms with Gasteiger partial charge in [-0.3, -0.25) is 14.7 Å². The van der Waals surface area contributed by atoms with E-state index in [0.717, 1.165) is 55.1 Å². The topological polar surface area (TPSA) is 76.8 Å². The highest BCUT2D eigenvalue weighted by molar-refractivity contribution is 5.56. The van der Waals surface area contributed by atoms with Gasteiger partial charge >= 0.3 is 0 Å². The first-order valence-electron chi connectivity index (χ1n) is 9.66. The molecule has 1 saturated heterocycles. The van der Waals surface area contributed by atoms with E-state index in [0.29, 0.717) is 12.5 Å². The molecule has 7 nitrogen and oxygen atoms in total. The van der Waals surface area contributed by atoms with Crippen molar-refractivity contribution in [1.29, 1.82) is 0 Å². The van der Waals surface area contributed by atoms with E-state index >= 15 is 0 Å². The molecule has 4 heterocycles. The molecule has 0 amide bonds. The van der Waals surface area contributed by atoms with Gasteiger partial charge in [-0.25, -0.2) is 14.6 Å². The third kappa shape index (κ3) is 4.48. The molecule has 1 aliphatic heterocycles. The van der Waals surface area contributed by atoms with E-state index in [1.807, 2.05) is 31.5 Å². The number of rotatable bonds is 5. The molecule has 0 bridgehead atoms. The number of aromatic nitrogens is 5. The molecule has 3 aromatic rings. The summed E-state index contributed by atoms with van der Waals surface area (Å²) in [5, 5.41) is 4.58. The highest BCUT2D eigenvalue weighted by atomic mass is 16.1. The second-order valence-electron chi connectivity index (χ2n) is 7.33. The van der Waals surface area contributed by atoms with Crippen molar-refractivity contribution in [2.45, 2.75) is 32.9 Å². The quantitative estimate of drug-likeness (QED) is 0.680. The molecule has 0 N–H and O–H groups in total. The lowest BCUT2D eigenvalue weighted by Crippen LogP contribution is -2.36. The fraction of sp³-hybridized carbons (Fsp3) is 0.381. The lowest BCUT2D eigenvalue weighted by atomic mass is 9.96. The van der Waals surface area contributed by atoms with Gasteiger partial charge < -0.3 is 0 Å². The largest absolute Gasteiger partial charge is 0.299 e. The van der Waals surface area contributed by atoms with Gasteiger partial charge in [0.15, 0.2) is 0 Å². The van der Waals surface area contributed by atoms with Crippen LogP contribution in [0, 0.1) is 12.8 Å². The highest BCUT2D eigenvalue weighted by Crippen LogP contribution is 2.20. The lowest BCUT2D eigenvalue weighted by molar-refractivity contribution is 0.163. The predicted octanol–water partition coefficient (Wildman–Crippen LogP) is 2.32. The van der Waals surface area contributed by atoms with E-state index in [1.165, 1.54) is 0 Å². The highest BCUT2D eigenvalue weighted by Gasteiger charge is 2.20. The Morgan fingerprint density at radius 2 is 1.75 bits per heavy atom. The summed E-state index contributed by atoms with van der Waals surface area (Å²) in [6, 6.07) is 7.20. The Labute approximate surface area is 164 Å². The Bertz CT molecular complexity index is 962. The van der Waals surface area contributed by atoms with Crippen LogP contribution in [0.15, 0.2) is 53.8 Å². The molecule has 0 unspecified atom stereocenters. The van der Waals surface area contributed by atoms with Gasteiger partial charge in [0.1, 0.15) is 5.82 Å². The molecule has 1 fully saturated rings. The smallest absolute Gasteiger partial charge is 0.266 e. The summed E-state index contributed by atoms with van der Waals surface area (Å²) in [5.41, 5.74) is 2.88. The van der Waals surface area contributed by atoms with E-state index < -0.39 is 0 Å². The van der Waals surface area contributed by atoms with Crippen LogP contribution in [0.5, 0.6) is 0 Å². The SMILES string of the molecule is Cc1ncc(CN2CCC(Cn3nc(-c4ccncc4)ccc3=O)CC2)cn1.